The molecule has 1 aromatic rings. The maximum absolute atomic E-state index is 11.6. The maximum Gasteiger partial charge on any atom is 0.305 e. The molecule has 276 valence electrons. The van der Waals surface area contributed by atoms with Crippen LogP contribution in [0, 0.1) is 35.5 Å². The highest BCUT2D eigenvalue weighted by Crippen LogP contribution is 2.42. The zero-order valence-electron chi connectivity index (χ0n) is 30.5. The van der Waals surface area contributed by atoms with E-state index in [0.717, 1.165) is 4.90 Å². The van der Waals surface area contributed by atoms with Crippen molar-refractivity contribution in [1.82, 2.24) is 0 Å². The number of benzene rings is 1. The van der Waals surface area contributed by atoms with E-state index in [9.17, 15) is 24.0 Å². The molecule has 1 aromatic carbocycles. The van der Waals surface area contributed by atoms with Crippen molar-refractivity contribution in [2.24, 2.45) is 35.5 Å². The number of carbonyl (C=O) groups excluding carboxylic acids is 5. The van der Waals surface area contributed by atoms with Gasteiger partial charge in [-0.15, -0.1) is 0 Å². The van der Waals surface area contributed by atoms with Crippen molar-refractivity contribution >= 4 is 41.6 Å². The summed E-state index contributed by atoms with van der Waals surface area (Å²) in [5.41, 5.74) is -0.308. The minimum atomic E-state index is -0.965. The predicted molar refractivity (Wildman–Crippen MR) is 181 cm³/mol. The summed E-state index contributed by atoms with van der Waals surface area (Å²) in [5.74, 6) is -1.73. The van der Waals surface area contributed by atoms with Crippen LogP contribution < -0.4 is 0 Å². The van der Waals surface area contributed by atoms with E-state index in [1.807, 2.05) is 58.0 Å². The van der Waals surface area contributed by atoms with Crippen LogP contribution in [-0.2, 0) is 57.1 Å². The molecule has 0 N–H and O–H groups in total. The van der Waals surface area contributed by atoms with Crippen LogP contribution in [0.3, 0.4) is 0 Å². The first-order valence-electron chi connectivity index (χ1n) is 16.7. The Kier molecular flexibility index (Phi) is 17.0. The standard InChI is InChI=1S/C20H28O5S.C16H26O7/c1-12(11-23-15(4)21)18-13(2)14(3)19(24-16(5)22)20(25-18)26-17-9-7-6-8-10-17;1-8(7-20-11(4)17)14-9(2)10(3)15(21-12(5)18)16(23-14)22-13(6)19/h6-10,12-14,18-20H,11H2,1-5H3;8-10,14-16H,7H2,1-6H3/t12-,13+,14+,18?,19?,20?;8-,9+,10+,14?,15?,16?/m11/s1. The fourth-order valence-electron chi connectivity index (χ4n) is 6.09. The van der Waals surface area contributed by atoms with Gasteiger partial charge in [-0.2, -0.15) is 0 Å². The van der Waals surface area contributed by atoms with Crippen molar-refractivity contribution in [2.75, 3.05) is 13.2 Å². The lowest BCUT2D eigenvalue weighted by Crippen LogP contribution is -2.54. The highest BCUT2D eigenvalue weighted by atomic mass is 32.2. The van der Waals surface area contributed by atoms with E-state index >= 15 is 0 Å². The fraction of sp³-hybridized carbons (Fsp3) is 0.694. The van der Waals surface area contributed by atoms with Crippen LogP contribution in [0.4, 0.5) is 0 Å². The third kappa shape index (κ3) is 13.2. The summed E-state index contributed by atoms with van der Waals surface area (Å²) >= 11 is 1.56. The first-order valence-corrected chi connectivity index (χ1v) is 17.6. The quantitative estimate of drug-likeness (QED) is 0.208. The van der Waals surface area contributed by atoms with Crippen molar-refractivity contribution in [3.8, 4) is 0 Å². The number of ether oxygens (including phenoxy) is 7. The number of hydrogen-bond donors (Lipinski definition) is 0. The number of esters is 5. The van der Waals surface area contributed by atoms with Crippen LogP contribution in [0.25, 0.3) is 0 Å². The minimum Gasteiger partial charge on any atom is -0.465 e. The topological polar surface area (TPSA) is 150 Å². The molecule has 0 saturated carbocycles. The molecule has 12 atom stereocenters. The van der Waals surface area contributed by atoms with Crippen LogP contribution in [0.15, 0.2) is 35.2 Å². The monoisotopic (exact) mass is 710 g/mol. The van der Waals surface area contributed by atoms with Crippen LogP contribution in [0.1, 0.15) is 76.2 Å². The largest absolute Gasteiger partial charge is 0.465 e. The van der Waals surface area contributed by atoms with Gasteiger partial charge in [0.2, 0.25) is 6.29 Å². The molecule has 0 radical (unpaired) electrons. The number of hydrogen-bond acceptors (Lipinski definition) is 13. The van der Waals surface area contributed by atoms with Gasteiger partial charge in [0.05, 0.1) is 25.4 Å². The second-order valence-electron chi connectivity index (χ2n) is 13.1. The van der Waals surface area contributed by atoms with Gasteiger partial charge in [0, 0.05) is 63.2 Å². The van der Waals surface area contributed by atoms with Gasteiger partial charge in [-0.1, -0.05) is 71.5 Å². The smallest absolute Gasteiger partial charge is 0.305 e. The Labute approximate surface area is 294 Å². The molecule has 2 fully saturated rings. The van der Waals surface area contributed by atoms with E-state index in [1.54, 1.807) is 11.8 Å². The molecular weight excluding hydrogens is 656 g/mol. The van der Waals surface area contributed by atoms with Gasteiger partial charge in [0.1, 0.15) is 11.5 Å². The Morgan fingerprint density at radius 3 is 1.49 bits per heavy atom. The summed E-state index contributed by atoms with van der Waals surface area (Å²) in [4.78, 5) is 57.4. The highest BCUT2D eigenvalue weighted by Gasteiger charge is 2.47. The first kappa shape index (κ1) is 42.0. The lowest BCUT2D eigenvalue weighted by atomic mass is 9.79. The van der Waals surface area contributed by atoms with Crippen molar-refractivity contribution in [3.05, 3.63) is 30.3 Å². The van der Waals surface area contributed by atoms with Crippen molar-refractivity contribution < 1.29 is 57.1 Å². The Bertz CT molecular complexity index is 1240. The normalized spacial score (nSPS) is 30.7. The van der Waals surface area contributed by atoms with Gasteiger partial charge in [0.25, 0.3) is 0 Å². The SMILES string of the molecule is CC(=O)OC[C@@H](C)C1OC(OC(C)=O)C(OC(C)=O)[C@@H](C)[C@@H]1C.CC(=O)OC[C@@H](C)C1OC(Sc2ccccc2)C(OC(C)=O)[C@@H](C)[C@@H]1C. The summed E-state index contributed by atoms with van der Waals surface area (Å²) in [6.45, 7) is 19.3. The molecule has 0 amide bonds. The summed E-state index contributed by atoms with van der Waals surface area (Å²) in [7, 11) is 0. The van der Waals surface area contributed by atoms with E-state index in [1.165, 1.54) is 34.6 Å². The average molecular weight is 711 g/mol. The second kappa shape index (κ2) is 19.9. The van der Waals surface area contributed by atoms with Gasteiger partial charge in [0.15, 0.2) is 6.10 Å². The maximum atomic E-state index is 11.6. The molecule has 6 unspecified atom stereocenters. The predicted octanol–water partition coefficient (Wildman–Crippen LogP) is 5.58. The van der Waals surface area contributed by atoms with Gasteiger partial charge >= 0.3 is 29.8 Å². The van der Waals surface area contributed by atoms with E-state index in [4.69, 9.17) is 33.2 Å². The summed E-state index contributed by atoms with van der Waals surface area (Å²) in [6.07, 6.45) is -2.33. The molecule has 0 bridgehead atoms. The molecule has 3 rings (SSSR count). The van der Waals surface area contributed by atoms with Crippen LogP contribution in [0.2, 0.25) is 0 Å². The Hall–Kier alpha value is -3.16. The molecule has 0 aromatic heterocycles. The number of rotatable bonds is 11. The second-order valence-corrected chi connectivity index (χ2v) is 14.3. The summed E-state index contributed by atoms with van der Waals surface area (Å²) in [5, 5.41) is 0. The van der Waals surface area contributed by atoms with Crippen LogP contribution in [-0.4, -0.2) is 79.2 Å². The minimum absolute atomic E-state index is 0.0247. The zero-order valence-corrected chi connectivity index (χ0v) is 31.4. The Balaban J connectivity index is 0.000000343. The molecule has 12 nitrogen and oxygen atoms in total. The molecule has 2 aliphatic rings. The highest BCUT2D eigenvalue weighted by molar-refractivity contribution is 7.99. The summed E-state index contributed by atoms with van der Waals surface area (Å²) in [6, 6.07) is 9.93. The molecule has 0 aliphatic carbocycles. The number of thioether (sulfide) groups is 1. The number of carbonyl (C=O) groups is 5. The molecule has 49 heavy (non-hydrogen) atoms. The zero-order chi connectivity index (χ0) is 37.0. The Morgan fingerprint density at radius 2 is 1.04 bits per heavy atom. The molecule has 2 saturated heterocycles. The first-order chi connectivity index (χ1) is 22.9. The van der Waals surface area contributed by atoms with E-state index in [2.05, 4.69) is 13.8 Å². The molecule has 2 heterocycles. The van der Waals surface area contributed by atoms with Gasteiger partial charge < -0.3 is 33.2 Å². The third-order valence-corrected chi connectivity index (χ3v) is 10.1. The van der Waals surface area contributed by atoms with Crippen LogP contribution in [0.5, 0.6) is 0 Å². The molecule has 13 heteroatoms. The van der Waals surface area contributed by atoms with E-state index in [0.29, 0.717) is 6.61 Å². The lowest BCUT2D eigenvalue weighted by molar-refractivity contribution is -0.275. The lowest BCUT2D eigenvalue weighted by Gasteiger charge is -2.45. The molecular formula is C36H54O12S. The fourth-order valence-corrected chi connectivity index (χ4v) is 7.30. The van der Waals surface area contributed by atoms with Crippen LogP contribution >= 0.6 is 11.8 Å². The van der Waals surface area contributed by atoms with Crippen molar-refractivity contribution in [3.63, 3.8) is 0 Å². The molecule has 0 spiro atoms. The average Bonchev–Trinajstić information content (AvgIpc) is 3.02. The van der Waals surface area contributed by atoms with Gasteiger partial charge in [-0.25, -0.2) is 0 Å². The van der Waals surface area contributed by atoms with E-state index in [-0.39, 0.29) is 83.8 Å². The molecule has 2 aliphatic heterocycles. The van der Waals surface area contributed by atoms with Gasteiger partial charge in [-0.3, -0.25) is 24.0 Å². The summed E-state index contributed by atoms with van der Waals surface area (Å²) < 4.78 is 38.5. The Morgan fingerprint density at radius 1 is 0.612 bits per heavy atom. The van der Waals surface area contributed by atoms with Crippen molar-refractivity contribution in [2.45, 2.75) is 117 Å². The van der Waals surface area contributed by atoms with Crippen molar-refractivity contribution in [1.29, 1.82) is 0 Å². The van der Waals surface area contributed by atoms with E-state index < -0.39 is 24.3 Å². The third-order valence-electron chi connectivity index (χ3n) is 8.95. The van der Waals surface area contributed by atoms with Gasteiger partial charge in [-0.05, 0) is 24.0 Å².